The van der Waals surface area contributed by atoms with Crippen LogP contribution in [-0.2, 0) is 24.1 Å². The minimum absolute atomic E-state index is 0.0687. The zero-order valence-corrected chi connectivity index (χ0v) is 18.2. The van der Waals surface area contributed by atoms with Crippen molar-refractivity contribution in [2.24, 2.45) is 0 Å². The van der Waals surface area contributed by atoms with Gasteiger partial charge in [0.25, 0.3) is 0 Å². The molecule has 0 spiro atoms. The first-order valence-electron chi connectivity index (χ1n) is 10.2. The molecule has 0 atom stereocenters. The molecule has 1 amide bonds. The first-order valence-corrected chi connectivity index (χ1v) is 11.5. The van der Waals surface area contributed by atoms with Crippen molar-refractivity contribution in [3.63, 3.8) is 0 Å². The Labute approximate surface area is 181 Å². The van der Waals surface area contributed by atoms with Crippen molar-refractivity contribution < 1.29 is 4.79 Å². The van der Waals surface area contributed by atoms with Crippen LogP contribution in [0.2, 0.25) is 5.02 Å². The average molecular weight is 425 g/mol. The van der Waals surface area contributed by atoms with Gasteiger partial charge in [-0.1, -0.05) is 41.4 Å². The Hall–Kier alpha value is -2.04. The largest absolute Gasteiger partial charge is 0.355 e. The van der Waals surface area contributed by atoms with Gasteiger partial charge in [0.15, 0.2) is 0 Å². The number of aryl methyl sites for hydroxylation is 2. The molecule has 0 bridgehead atoms. The second-order valence-electron chi connectivity index (χ2n) is 7.61. The number of nitrogens with one attached hydrogen (secondary N) is 1. The molecule has 5 heteroatoms. The molecule has 0 saturated heterocycles. The van der Waals surface area contributed by atoms with Crippen molar-refractivity contribution >= 4 is 40.2 Å². The van der Waals surface area contributed by atoms with E-state index in [-0.39, 0.29) is 5.91 Å². The van der Waals surface area contributed by atoms with E-state index in [4.69, 9.17) is 16.6 Å². The molecule has 1 N–H and O–H groups in total. The monoisotopic (exact) mass is 424 g/mol. The van der Waals surface area contributed by atoms with E-state index in [1.54, 1.807) is 11.8 Å². The highest BCUT2D eigenvalue weighted by atomic mass is 35.5. The second kappa shape index (κ2) is 9.19. The zero-order valence-electron chi connectivity index (χ0n) is 16.6. The second-order valence-corrected chi connectivity index (χ2v) is 9.03. The van der Waals surface area contributed by atoms with E-state index in [0.29, 0.717) is 17.3 Å². The van der Waals surface area contributed by atoms with Crippen molar-refractivity contribution in [3.8, 4) is 0 Å². The third-order valence-electron chi connectivity index (χ3n) is 5.34. The van der Waals surface area contributed by atoms with Crippen molar-refractivity contribution in [1.29, 1.82) is 0 Å². The maximum atomic E-state index is 12.5. The Morgan fingerprint density at radius 3 is 2.90 bits per heavy atom. The number of pyridine rings is 1. The lowest BCUT2D eigenvalue weighted by Crippen LogP contribution is -2.27. The summed E-state index contributed by atoms with van der Waals surface area (Å²) < 4.78 is 0. The lowest BCUT2D eigenvalue weighted by atomic mass is 9.94. The van der Waals surface area contributed by atoms with Crippen LogP contribution >= 0.6 is 23.4 Å². The molecule has 3 aromatic rings. The minimum Gasteiger partial charge on any atom is -0.355 e. The zero-order chi connectivity index (χ0) is 20.2. The van der Waals surface area contributed by atoms with Gasteiger partial charge < -0.3 is 5.32 Å². The number of amides is 1. The van der Waals surface area contributed by atoms with E-state index in [1.807, 2.05) is 18.2 Å². The predicted octanol–water partition coefficient (Wildman–Crippen LogP) is 5.53. The minimum atomic E-state index is 0.0687. The summed E-state index contributed by atoms with van der Waals surface area (Å²) in [5.74, 6) is 0.477. The van der Waals surface area contributed by atoms with Crippen LogP contribution in [0, 0.1) is 6.92 Å². The number of thioether (sulfide) groups is 1. The Morgan fingerprint density at radius 2 is 2.03 bits per heavy atom. The summed E-state index contributed by atoms with van der Waals surface area (Å²) in [6.07, 6.45) is 5.26. The third kappa shape index (κ3) is 4.93. The molecule has 0 unspecified atom stereocenters. The summed E-state index contributed by atoms with van der Waals surface area (Å²) in [6, 6.07) is 14.3. The molecular weight excluding hydrogens is 400 g/mol. The van der Waals surface area contributed by atoms with Crippen molar-refractivity contribution in [1.82, 2.24) is 10.3 Å². The number of carbonyl (C=O) groups is 1. The van der Waals surface area contributed by atoms with E-state index in [0.717, 1.165) is 30.2 Å². The van der Waals surface area contributed by atoms with E-state index >= 15 is 0 Å². The van der Waals surface area contributed by atoms with Crippen molar-refractivity contribution in [3.05, 3.63) is 69.9 Å². The molecule has 29 heavy (non-hydrogen) atoms. The Morgan fingerprint density at radius 1 is 1.17 bits per heavy atom. The average Bonchev–Trinajstić information content (AvgIpc) is 2.71. The predicted molar refractivity (Wildman–Crippen MR) is 122 cm³/mol. The standard InChI is InChI=1S/C24H25ClN2OS/c1-16-5-4-6-17(13-16)11-12-26-23(28)15-29-24-19-7-2-3-8-21(19)27-22-10-9-18(25)14-20(22)24/h4-6,9-10,13-14H,2-3,7-8,11-12,15H2,1H3,(H,26,28). The first kappa shape index (κ1) is 20.2. The maximum absolute atomic E-state index is 12.5. The first-order chi connectivity index (χ1) is 14.1. The maximum Gasteiger partial charge on any atom is 0.230 e. The van der Waals surface area contributed by atoms with Crippen LogP contribution in [0.4, 0.5) is 0 Å². The number of fused-ring (bicyclic) bond motifs is 2. The SMILES string of the molecule is Cc1cccc(CCNC(=O)CSc2c3c(nc4ccc(Cl)cc24)CCCC3)c1. The third-order valence-corrected chi connectivity index (χ3v) is 6.73. The van der Waals surface area contributed by atoms with Gasteiger partial charge in [0.1, 0.15) is 0 Å². The van der Waals surface area contributed by atoms with Crippen LogP contribution in [0.1, 0.15) is 35.2 Å². The summed E-state index contributed by atoms with van der Waals surface area (Å²) in [7, 11) is 0. The summed E-state index contributed by atoms with van der Waals surface area (Å²) in [5, 5.41) is 4.83. The summed E-state index contributed by atoms with van der Waals surface area (Å²) >= 11 is 7.88. The number of aromatic nitrogens is 1. The van der Waals surface area contributed by atoms with Crippen LogP contribution in [-0.4, -0.2) is 23.2 Å². The van der Waals surface area contributed by atoms with Gasteiger partial charge in [-0.3, -0.25) is 9.78 Å². The molecule has 1 aromatic heterocycles. The summed E-state index contributed by atoms with van der Waals surface area (Å²) in [4.78, 5) is 18.5. The highest BCUT2D eigenvalue weighted by Gasteiger charge is 2.19. The van der Waals surface area contributed by atoms with Gasteiger partial charge in [-0.2, -0.15) is 0 Å². The van der Waals surface area contributed by atoms with Gasteiger partial charge in [0, 0.05) is 27.5 Å². The molecular formula is C24H25ClN2OS. The number of hydrogen-bond acceptors (Lipinski definition) is 3. The molecule has 2 aromatic carbocycles. The normalized spacial score (nSPS) is 13.3. The lowest BCUT2D eigenvalue weighted by molar-refractivity contribution is -0.118. The lowest BCUT2D eigenvalue weighted by Gasteiger charge is -2.20. The smallest absolute Gasteiger partial charge is 0.230 e. The van der Waals surface area contributed by atoms with Gasteiger partial charge in [0.2, 0.25) is 5.91 Å². The number of rotatable bonds is 6. The molecule has 1 aliphatic carbocycles. The fourth-order valence-corrected chi connectivity index (χ4v) is 5.18. The van der Waals surface area contributed by atoms with E-state index in [1.165, 1.54) is 40.1 Å². The van der Waals surface area contributed by atoms with Gasteiger partial charge in [-0.25, -0.2) is 0 Å². The molecule has 4 rings (SSSR count). The molecule has 1 heterocycles. The molecule has 0 radical (unpaired) electrons. The topological polar surface area (TPSA) is 42.0 Å². The molecule has 0 fully saturated rings. The number of benzene rings is 2. The fraction of sp³-hybridized carbons (Fsp3) is 0.333. The molecule has 150 valence electrons. The van der Waals surface area contributed by atoms with Crippen LogP contribution < -0.4 is 5.32 Å². The van der Waals surface area contributed by atoms with Gasteiger partial charge in [-0.15, -0.1) is 11.8 Å². The Balaban J connectivity index is 1.44. The molecule has 0 saturated carbocycles. The van der Waals surface area contributed by atoms with E-state index < -0.39 is 0 Å². The highest BCUT2D eigenvalue weighted by Crippen LogP contribution is 2.36. The number of nitrogens with zero attached hydrogens (tertiary/aromatic N) is 1. The van der Waals surface area contributed by atoms with Crippen LogP contribution in [0.3, 0.4) is 0 Å². The Kier molecular flexibility index (Phi) is 6.41. The van der Waals surface area contributed by atoms with E-state index in [9.17, 15) is 4.79 Å². The van der Waals surface area contributed by atoms with Crippen LogP contribution in [0.15, 0.2) is 47.4 Å². The quantitative estimate of drug-likeness (QED) is 0.529. The van der Waals surface area contributed by atoms with E-state index in [2.05, 4.69) is 36.5 Å². The fourth-order valence-electron chi connectivity index (χ4n) is 3.92. The van der Waals surface area contributed by atoms with Crippen LogP contribution in [0.5, 0.6) is 0 Å². The van der Waals surface area contributed by atoms with Gasteiger partial charge >= 0.3 is 0 Å². The van der Waals surface area contributed by atoms with Gasteiger partial charge in [-0.05, 0) is 68.4 Å². The number of carbonyl (C=O) groups excluding carboxylic acids is 1. The number of halogens is 1. The van der Waals surface area contributed by atoms with Crippen molar-refractivity contribution in [2.45, 2.75) is 43.9 Å². The van der Waals surface area contributed by atoms with Crippen LogP contribution in [0.25, 0.3) is 10.9 Å². The molecule has 1 aliphatic rings. The summed E-state index contributed by atoms with van der Waals surface area (Å²) in [5.41, 5.74) is 5.97. The summed E-state index contributed by atoms with van der Waals surface area (Å²) in [6.45, 7) is 2.74. The van der Waals surface area contributed by atoms with Crippen molar-refractivity contribution in [2.75, 3.05) is 12.3 Å². The van der Waals surface area contributed by atoms with Gasteiger partial charge in [0.05, 0.1) is 11.3 Å². The number of hydrogen-bond donors (Lipinski definition) is 1. The molecule has 3 nitrogen and oxygen atoms in total. The highest BCUT2D eigenvalue weighted by molar-refractivity contribution is 8.00. The molecule has 0 aliphatic heterocycles. The Bertz CT molecular complexity index is 1050.